The van der Waals surface area contributed by atoms with Crippen LogP contribution in [0.3, 0.4) is 0 Å². The van der Waals surface area contributed by atoms with E-state index in [2.05, 4.69) is 14.7 Å². The summed E-state index contributed by atoms with van der Waals surface area (Å²) in [7, 11) is 1.34. The standard InChI is InChI=1S/C23H23F2N3O4/c1-14(2)28(13-19-26-17-9-5-4-8-16(17)22(30)27-19)20(29)12-11-15-7-6-10-18(31-3)21(15)32-23(24)25/h4-12,14,23H,13H2,1-3H3,(H,26,27,30)/b12-11+. The quantitative estimate of drug-likeness (QED) is 0.533. The van der Waals surface area contributed by atoms with Crippen LogP contribution < -0.4 is 15.0 Å². The van der Waals surface area contributed by atoms with Gasteiger partial charge in [0, 0.05) is 17.7 Å². The Morgan fingerprint density at radius 1 is 1.19 bits per heavy atom. The number of fused-ring (bicyclic) bond motifs is 1. The summed E-state index contributed by atoms with van der Waals surface area (Å²) in [6, 6.07) is 11.3. The van der Waals surface area contributed by atoms with E-state index in [0.29, 0.717) is 16.7 Å². The summed E-state index contributed by atoms with van der Waals surface area (Å²) in [6.45, 7) is 0.667. The number of methoxy groups -OCH3 is 1. The van der Waals surface area contributed by atoms with Crippen LogP contribution in [-0.4, -0.2) is 40.5 Å². The molecule has 1 amide bonds. The molecule has 9 heteroatoms. The van der Waals surface area contributed by atoms with Crippen LogP contribution in [0.2, 0.25) is 0 Å². The highest BCUT2D eigenvalue weighted by molar-refractivity contribution is 5.92. The van der Waals surface area contributed by atoms with Crippen molar-refractivity contribution in [3.05, 3.63) is 70.3 Å². The first kappa shape index (κ1) is 22.9. The lowest BCUT2D eigenvalue weighted by Gasteiger charge is -2.25. The van der Waals surface area contributed by atoms with E-state index in [9.17, 15) is 18.4 Å². The molecule has 168 valence electrons. The highest BCUT2D eigenvalue weighted by Crippen LogP contribution is 2.33. The van der Waals surface area contributed by atoms with Crippen molar-refractivity contribution in [3.8, 4) is 11.5 Å². The number of para-hydroxylation sites is 2. The molecular formula is C23H23F2N3O4. The molecule has 3 aromatic rings. The molecule has 0 spiro atoms. The number of benzene rings is 2. The molecule has 1 aromatic heterocycles. The van der Waals surface area contributed by atoms with Crippen molar-refractivity contribution in [3.63, 3.8) is 0 Å². The van der Waals surface area contributed by atoms with E-state index in [1.807, 2.05) is 13.8 Å². The number of rotatable bonds is 8. The van der Waals surface area contributed by atoms with Crippen LogP contribution in [0.1, 0.15) is 25.2 Å². The predicted octanol–water partition coefficient (Wildman–Crippen LogP) is 3.98. The third-order valence-electron chi connectivity index (χ3n) is 4.73. The van der Waals surface area contributed by atoms with Crippen LogP contribution in [0.4, 0.5) is 8.78 Å². The Labute approximate surface area is 183 Å². The highest BCUT2D eigenvalue weighted by atomic mass is 19.3. The maximum Gasteiger partial charge on any atom is 0.387 e. The second-order valence-electron chi connectivity index (χ2n) is 7.18. The van der Waals surface area contributed by atoms with E-state index in [4.69, 9.17) is 4.74 Å². The van der Waals surface area contributed by atoms with Crippen molar-refractivity contribution in [2.75, 3.05) is 7.11 Å². The Morgan fingerprint density at radius 2 is 1.94 bits per heavy atom. The van der Waals surface area contributed by atoms with Gasteiger partial charge in [-0.2, -0.15) is 8.78 Å². The molecule has 0 fully saturated rings. The van der Waals surface area contributed by atoms with Gasteiger partial charge in [-0.3, -0.25) is 9.59 Å². The minimum atomic E-state index is -3.04. The van der Waals surface area contributed by atoms with Gasteiger partial charge in [-0.05, 0) is 38.1 Å². The molecule has 0 atom stereocenters. The van der Waals surface area contributed by atoms with Crippen LogP contribution >= 0.6 is 0 Å². The summed E-state index contributed by atoms with van der Waals surface area (Å²) in [4.78, 5) is 33.9. The molecule has 7 nitrogen and oxygen atoms in total. The van der Waals surface area contributed by atoms with Gasteiger partial charge in [-0.15, -0.1) is 0 Å². The van der Waals surface area contributed by atoms with E-state index in [1.54, 1.807) is 30.3 Å². The largest absolute Gasteiger partial charge is 0.493 e. The van der Waals surface area contributed by atoms with Gasteiger partial charge in [0.05, 0.1) is 24.6 Å². The molecule has 2 aromatic carbocycles. The molecule has 0 aliphatic carbocycles. The number of carbonyl (C=O) groups is 1. The summed E-state index contributed by atoms with van der Waals surface area (Å²) >= 11 is 0. The summed E-state index contributed by atoms with van der Waals surface area (Å²) in [5, 5.41) is 0.461. The fourth-order valence-corrected chi connectivity index (χ4v) is 3.18. The first-order valence-corrected chi connectivity index (χ1v) is 9.88. The molecule has 0 unspecified atom stereocenters. The third kappa shape index (κ3) is 5.29. The summed E-state index contributed by atoms with van der Waals surface area (Å²) in [5.41, 5.74) is 0.504. The number of ether oxygens (including phenoxy) is 2. The number of nitrogens with zero attached hydrogens (tertiary/aromatic N) is 2. The van der Waals surface area contributed by atoms with Crippen molar-refractivity contribution in [2.24, 2.45) is 0 Å². The van der Waals surface area contributed by atoms with Gasteiger partial charge < -0.3 is 19.4 Å². The molecule has 32 heavy (non-hydrogen) atoms. The summed E-state index contributed by atoms with van der Waals surface area (Å²) < 4.78 is 35.3. The first-order chi connectivity index (χ1) is 15.3. The number of nitrogens with one attached hydrogen (secondary N) is 1. The molecule has 0 saturated carbocycles. The monoisotopic (exact) mass is 443 g/mol. The van der Waals surface area contributed by atoms with Crippen LogP contribution in [0.15, 0.2) is 53.3 Å². The zero-order chi connectivity index (χ0) is 23.3. The number of amides is 1. The van der Waals surface area contributed by atoms with Crippen LogP contribution in [0, 0.1) is 0 Å². The minimum Gasteiger partial charge on any atom is -0.493 e. The second-order valence-corrected chi connectivity index (χ2v) is 7.18. The summed E-state index contributed by atoms with van der Waals surface area (Å²) in [5.74, 6) is -0.0851. The SMILES string of the molecule is COc1cccc(/C=C/C(=O)N(Cc2nc3ccccc3c(=O)[nH]2)C(C)C)c1OC(F)F. The normalized spacial score (nSPS) is 11.5. The van der Waals surface area contributed by atoms with Gasteiger partial charge in [0.15, 0.2) is 11.5 Å². The third-order valence-corrected chi connectivity index (χ3v) is 4.73. The molecule has 0 bridgehead atoms. The molecule has 3 rings (SSSR count). The lowest BCUT2D eigenvalue weighted by molar-refractivity contribution is -0.128. The zero-order valence-electron chi connectivity index (χ0n) is 17.8. The molecular weight excluding hydrogens is 420 g/mol. The average Bonchev–Trinajstić information content (AvgIpc) is 2.76. The van der Waals surface area contributed by atoms with Gasteiger partial charge >= 0.3 is 6.61 Å². The predicted molar refractivity (Wildman–Crippen MR) is 117 cm³/mol. The van der Waals surface area contributed by atoms with Crippen LogP contribution in [0.25, 0.3) is 17.0 Å². The molecule has 1 N–H and O–H groups in total. The molecule has 0 aliphatic rings. The fraction of sp³-hybridized carbons (Fsp3) is 0.261. The minimum absolute atomic E-state index is 0.0689. The number of carbonyl (C=O) groups excluding carboxylic acids is 1. The molecule has 0 saturated heterocycles. The van der Waals surface area contributed by atoms with Crippen molar-refractivity contribution in [2.45, 2.75) is 33.0 Å². The number of aromatic nitrogens is 2. The molecule has 0 aliphatic heterocycles. The van der Waals surface area contributed by atoms with Gasteiger partial charge in [0.2, 0.25) is 5.91 Å². The maximum atomic E-state index is 12.9. The van der Waals surface area contributed by atoms with Crippen molar-refractivity contribution in [1.82, 2.24) is 14.9 Å². The topological polar surface area (TPSA) is 84.5 Å². The number of halogens is 2. The van der Waals surface area contributed by atoms with Gasteiger partial charge in [-0.1, -0.05) is 24.3 Å². The molecule has 1 heterocycles. The average molecular weight is 443 g/mol. The number of aromatic amines is 1. The van der Waals surface area contributed by atoms with Crippen LogP contribution in [-0.2, 0) is 11.3 Å². The fourth-order valence-electron chi connectivity index (χ4n) is 3.18. The van der Waals surface area contributed by atoms with Crippen molar-refractivity contribution >= 4 is 22.9 Å². The lowest BCUT2D eigenvalue weighted by atomic mass is 10.1. The van der Waals surface area contributed by atoms with E-state index >= 15 is 0 Å². The van der Waals surface area contributed by atoms with Gasteiger partial charge in [-0.25, -0.2) is 4.98 Å². The Morgan fingerprint density at radius 3 is 2.62 bits per heavy atom. The highest BCUT2D eigenvalue weighted by Gasteiger charge is 2.18. The van der Waals surface area contributed by atoms with E-state index in [1.165, 1.54) is 36.3 Å². The zero-order valence-corrected chi connectivity index (χ0v) is 17.8. The van der Waals surface area contributed by atoms with E-state index < -0.39 is 6.61 Å². The number of alkyl halides is 2. The smallest absolute Gasteiger partial charge is 0.387 e. The van der Waals surface area contributed by atoms with Crippen molar-refractivity contribution in [1.29, 1.82) is 0 Å². The summed E-state index contributed by atoms with van der Waals surface area (Å²) in [6.07, 6.45) is 2.64. The first-order valence-electron chi connectivity index (χ1n) is 9.88. The lowest BCUT2D eigenvalue weighted by Crippen LogP contribution is -2.36. The Kier molecular flexibility index (Phi) is 7.19. The molecule has 0 radical (unpaired) electrons. The Balaban J connectivity index is 1.87. The Hall–Kier alpha value is -3.75. The number of hydrogen-bond acceptors (Lipinski definition) is 5. The van der Waals surface area contributed by atoms with Crippen LogP contribution in [0.5, 0.6) is 11.5 Å². The Bertz CT molecular complexity index is 1190. The maximum absolute atomic E-state index is 12.9. The van der Waals surface area contributed by atoms with Gasteiger partial charge in [0.25, 0.3) is 5.56 Å². The van der Waals surface area contributed by atoms with E-state index in [-0.39, 0.29) is 41.1 Å². The van der Waals surface area contributed by atoms with E-state index in [0.717, 1.165) is 0 Å². The number of H-pyrrole nitrogens is 1. The van der Waals surface area contributed by atoms with Gasteiger partial charge in [0.1, 0.15) is 5.82 Å². The number of hydrogen-bond donors (Lipinski definition) is 1. The second kappa shape index (κ2) is 10.0. The van der Waals surface area contributed by atoms with Crippen molar-refractivity contribution < 1.29 is 23.0 Å².